The fraction of sp³-hybridized carbons (Fsp3) is 0.923. The van der Waals surface area contributed by atoms with E-state index in [4.69, 9.17) is 0 Å². The second kappa shape index (κ2) is 4.73. The summed E-state index contributed by atoms with van der Waals surface area (Å²) < 4.78 is 0. The molecule has 1 atom stereocenters. The van der Waals surface area contributed by atoms with Gasteiger partial charge in [-0.3, -0.25) is 0 Å². The van der Waals surface area contributed by atoms with Gasteiger partial charge in [0, 0.05) is 19.6 Å². The first-order chi connectivity index (χ1) is 7.63. The van der Waals surface area contributed by atoms with Gasteiger partial charge in [-0.15, -0.1) is 0 Å². The van der Waals surface area contributed by atoms with Gasteiger partial charge in [0.15, 0.2) is 0 Å². The molecule has 0 radical (unpaired) electrons. The summed E-state index contributed by atoms with van der Waals surface area (Å²) in [5.41, 5.74) is -0.000738. The smallest absolute Gasteiger partial charge is 0.0703 e. The minimum atomic E-state index is -0.000738. The van der Waals surface area contributed by atoms with Crippen LogP contribution in [0, 0.1) is 22.7 Å². The molecule has 1 saturated heterocycles. The lowest BCUT2D eigenvalue weighted by molar-refractivity contribution is 0.127. The number of hydrogen-bond donors (Lipinski definition) is 0. The van der Waals surface area contributed by atoms with Crippen LogP contribution in [0.3, 0.4) is 0 Å². The summed E-state index contributed by atoms with van der Waals surface area (Å²) in [6.07, 6.45) is 4.78. The zero-order chi connectivity index (χ0) is 11.6. The van der Waals surface area contributed by atoms with Gasteiger partial charge in [-0.05, 0) is 45.8 Å². The summed E-state index contributed by atoms with van der Waals surface area (Å²) in [5, 5.41) is 9.20. The molecule has 0 aromatic rings. The van der Waals surface area contributed by atoms with Crippen molar-refractivity contribution < 1.29 is 0 Å². The minimum Gasteiger partial charge on any atom is -0.306 e. The Kier molecular flexibility index (Phi) is 3.51. The number of likely N-dealkylation sites (tertiary alicyclic amines) is 1. The molecular weight excluding hydrogens is 198 g/mol. The normalized spacial score (nSPS) is 29.0. The van der Waals surface area contributed by atoms with Gasteiger partial charge < -0.3 is 9.80 Å². The van der Waals surface area contributed by atoms with Crippen LogP contribution < -0.4 is 0 Å². The lowest BCUT2D eigenvalue weighted by Crippen LogP contribution is -2.41. The molecule has 16 heavy (non-hydrogen) atoms. The van der Waals surface area contributed by atoms with Crippen molar-refractivity contribution in [1.82, 2.24) is 9.80 Å². The van der Waals surface area contributed by atoms with Crippen molar-refractivity contribution in [3.63, 3.8) is 0 Å². The lowest BCUT2D eigenvalue weighted by atomic mass is 9.69. The van der Waals surface area contributed by atoms with E-state index in [-0.39, 0.29) is 5.41 Å². The van der Waals surface area contributed by atoms with Gasteiger partial charge in [-0.2, -0.15) is 5.26 Å². The molecule has 3 nitrogen and oxygen atoms in total. The predicted octanol–water partition coefficient (Wildman–Crippen LogP) is 1.56. The van der Waals surface area contributed by atoms with Gasteiger partial charge in [0.2, 0.25) is 0 Å². The third-order valence-electron chi connectivity index (χ3n) is 4.18. The molecule has 2 aliphatic rings. The third kappa shape index (κ3) is 2.56. The average molecular weight is 221 g/mol. The van der Waals surface area contributed by atoms with Gasteiger partial charge >= 0.3 is 0 Å². The van der Waals surface area contributed by atoms with Crippen molar-refractivity contribution in [2.45, 2.75) is 25.7 Å². The zero-order valence-corrected chi connectivity index (χ0v) is 10.6. The second-order valence-corrected chi connectivity index (χ2v) is 5.86. The van der Waals surface area contributed by atoms with Crippen LogP contribution in [0.1, 0.15) is 25.7 Å². The molecule has 0 spiro atoms. The largest absolute Gasteiger partial charge is 0.306 e. The van der Waals surface area contributed by atoms with Crippen molar-refractivity contribution in [3.8, 4) is 6.07 Å². The van der Waals surface area contributed by atoms with Crippen molar-refractivity contribution in [1.29, 1.82) is 5.26 Å². The Labute approximate surface area is 99.0 Å². The highest BCUT2D eigenvalue weighted by Crippen LogP contribution is 2.40. The highest BCUT2D eigenvalue weighted by Gasteiger charge is 2.38. The van der Waals surface area contributed by atoms with Crippen LogP contribution in [0.4, 0.5) is 0 Å². The molecule has 1 unspecified atom stereocenters. The zero-order valence-electron chi connectivity index (χ0n) is 10.6. The number of rotatable bonds is 4. The van der Waals surface area contributed by atoms with Crippen LogP contribution in [0.2, 0.25) is 0 Å². The monoisotopic (exact) mass is 221 g/mol. The predicted molar refractivity (Wildman–Crippen MR) is 65.0 cm³/mol. The highest BCUT2D eigenvalue weighted by molar-refractivity contribution is 5.06. The van der Waals surface area contributed by atoms with Crippen LogP contribution in [0.5, 0.6) is 0 Å². The molecule has 1 aliphatic carbocycles. The van der Waals surface area contributed by atoms with E-state index in [1.54, 1.807) is 0 Å². The average Bonchev–Trinajstić information content (AvgIpc) is 2.57. The Balaban J connectivity index is 1.76. The maximum atomic E-state index is 9.20. The SMILES string of the molecule is CN1CCC(CN(C)CC2(C#N)CCC2)C1. The molecule has 0 aromatic carbocycles. The fourth-order valence-electron chi connectivity index (χ4n) is 3.11. The summed E-state index contributed by atoms with van der Waals surface area (Å²) in [6, 6.07) is 2.53. The summed E-state index contributed by atoms with van der Waals surface area (Å²) in [6.45, 7) is 4.60. The maximum Gasteiger partial charge on any atom is 0.0703 e. The Morgan fingerprint density at radius 3 is 2.69 bits per heavy atom. The summed E-state index contributed by atoms with van der Waals surface area (Å²) >= 11 is 0. The Hall–Kier alpha value is -0.590. The first kappa shape index (κ1) is 11.9. The van der Waals surface area contributed by atoms with Crippen LogP contribution in [-0.4, -0.2) is 50.1 Å². The molecule has 1 heterocycles. The number of nitrogens with zero attached hydrogens (tertiary/aromatic N) is 3. The van der Waals surface area contributed by atoms with E-state index in [9.17, 15) is 5.26 Å². The molecule has 1 aliphatic heterocycles. The van der Waals surface area contributed by atoms with E-state index in [2.05, 4.69) is 30.0 Å². The van der Waals surface area contributed by atoms with E-state index < -0.39 is 0 Å². The van der Waals surface area contributed by atoms with E-state index in [1.807, 2.05) is 0 Å². The van der Waals surface area contributed by atoms with Gasteiger partial charge in [0.1, 0.15) is 0 Å². The Morgan fingerprint density at radius 2 is 2.25 bits per heavy atom. The Bertz CT molecular complexity index is 277. The van der Waals surface area contributed by atoms with Gasteiger partial charge in [-0.1, -0.05) is 6.42 Å². The molecule has 0 N–H and O–H groups in total. The lowest BCUT2D eigenvalue weighted by Gasteiger charge is -2.38. The number of hydrogen-bond acceptors (Lipinski definition) is 3. The molecule has 0 aromatic heterocycles. The third-order valence-corrected chi connectivity index (χ3v) is 4.18. The molecular formula is C13H23N3. The van der Waals surface area contributed by atoms with Crippen LogP contribution >= 0.6 is 0 Å². The van der Waals surface area contributed by atoms with Crippen molar-refractivity contribution in [2.75, 3.05) is 40.3 Å². The molecule has 2 fully saturated rings. The first-order valence-corrected chi connectivity index (χ1v) is 6.42. The van der Waals surface area contributed by atoms with Crippen LogP contribution in [-0.2, 0) is 0 Å². The van der Waals surface area contributed by atoms with Crippen molar-refractivity contribution in [2.24, 2.45) is 11.3 Å². The highest BCUT2D eigenvalue weighted by atomic mass is 15.2. The Morgan fingerprint density at radius 1 is 1.50 bits per heavy atom. The van der Waals surface area contributed by atoms with E-state index >= 15 is 0 Å². The first-order valence-electron chi connectivity index (χ1n) is 6.42. The van der Waals surface area contributed by atoms with Crippen LogP contribution in [0.15, 0.2) is 0 Å². The quantitative estimate of drug-likeness (QED) is 0.722. The van der Waals surface area contributed by atoms with E-state index in [1.165, 1.54) is 25.9 Å². The standard InChI is InChI=1S/C13H23N3/c1-15-7-4-12(8-15)9-16(2)11-13(10-14)5-3-6-13/h12H,3-9,11H2,1-2H3. The van der Waals surface area contributed by atoms with Crippen molar-refractivity contribution >= 4 is 0 Å². The van der Waals surface area contributed by atoms with E-state index in [0.717, 1.165) is 31.8 Å². The van der Waals surface area contributed by atoms with Gasteiger partial charge in [0.25, 0.3) is 0 Å². The van der Waals surface area contributed by atoms with Gasteiger partial charge in [-0.25, -0.2) is 0 Å². The molecule has 0 bridgehead atoms. The molecule has 90 valence electrons. The minimum absolute atomic E-state index is 0.000738. The second-order valence-electron chi connectivity index (χ2n) is 5.86. The molecule has 2 rings (SSSR count). The fourth-order valence-corrected chi connectivity index (χ4v) is 3.11. The summed E-state index contributed by atoms with van der Waals surface area (Å²) in [7, 11) is 4.37. The number of nitriles is 1. The molecule has 1 saturated carbocycles. The van der Waals surface area contributed by atoms with Gasteiger partial charge in [0.05, 0.1) is 11.5 Å². The molecule has 0 amide bonds. The van der Waals surface area contributed by atoms with Crippen LogP contribution in [0.25, 0.3) is 0 Å². The van der Waals surface area contributed by atoms with E-state index in [0.29, 0.717) is 0 Å². The maximum absolute atomic E-state index is 9.20. The topological polar surface area (TPSA) is 30.3 Å². The summed E-state index contributed by atoms with van der Waals surface area (Å²) in [4.78, 5) is 4.79. The van der Waals surface area contributed by atoms with Crippen molar-refractivity contribution in [3.05, 3.63) is 0 Å². The summed E-state index contributed by atoms with van der Waals surface area (Å²) in [5.74, 6) is 0.811. The molecule has 3 heteroatoms.